The van der Waals surface area contributed by atoms with Crippen molar-refractivity contribution in [3.05, 3.63) is 36.8 Å². The zero-order valence-electron chi connectivity index (χ0n) is 9.24. The maximum Gasteiger partial charge on any atom is 0.281 e. The molecule has 90 valence electrons. The van der Waals surface area contributed by atoms with Crippen LogP contribution >= 0.6 is 0 Å². The maximum absolute atomic E-state index is 12.3. The van der Waals surface area contributed by atoms with Gasteiger partial charge in [0.25, 0.3) is 10.0 Å². The molecule has 0 aliphatic rings. The molecule has 2 rings (SSSR count). The molecular formula is C10H12N4O2S. The Labute approximate surface area is 99.4 Å². The summed E-state index contributed by atoms with van der Waals surface area (Å²) < 4.78 is 25.8. The van der Waals surface area contributed by atoms with Crippen molar-refractivity contribution in [3.63, 3.8) is 0 Å². The second kappa shape index (κ2) is 4.54. The molecule has 0 aliphatic heterocycles. The quantitative estimate of drug-likeness (QED) is 0.881. The highest BCUT2D eigenvalue weighted by atomic mass is 32.2. The first-order valence-corrected chi connectivity index (χ1v) is 6.52. The second-order valence-electron chi connectivity index (χ2n) is 3.30. The van der Waals surface area contributed by atoms with Crippen molar-refractivity contribution < 1.29 is 8.42 Å². The van der Waals surface area contributed by atoms with Crippen LogP contribution in [0.15, 0.2) is 41.8 Å². The lowest BCUT2D eigenvalue weighted by Crippen LogP contribution is -2.31. The zero-order chi connectivity index (χ0) is 12.3. The van der Waals surface area contributed by atoms with Gasteiger partial charge in [0.05, 0.1) is 11.9 Å². The van der Waals surface area contributed by atoms with Crippen LogP contribution < -0.4 is 4.31 Å². The van der Waals surface area contributed by atoms with Crippen molar-refractivity contribution in [1.82, 2.24) is 15.2 Å². The van der Waals surface area contributed by atoms with E-state index in [0.717, 1.165) is 0 Å². The van der Waals surface area contributed by atoms with Gasteiger partial charge >= 0.3 is 0 Å². The van der Waals surface area contributed by atoms with E-state index in [4.69, 9.17) is 0 Å². The molecule has 0 spiro atoms. The predicted octanol–water partition coefficient (Wildman–Crippen LogP) is 1.02. The van der Waals surface area contributed by atoms with E-state index < -0.39 is 10.0 Å². The first-order chi connectivity index (χ1) is 8.16. The molecule has 6 nitrogen and oxygen atoms in total. The van der Waals surface area contributed by atoms with Crippen LogP contribution in [0.5, 0.6) is 0 Å². The van der Waals surface area contributed by atoms with Crippen molar-refractivity contribution >= 4 is 15.7 Å². The summed E-state index contributed by atoms with van der Waals surface area (Å²) in [5.74, 6) is 0. The number of sulfonamides is 1. The summed E-state index contributed by atoms with van der Waals surface area (Å²) in [7, 11) is -3.57. The van der Waals surface area contributed by atoms with Crippen LogP contribution in [0.3, 0.4) is 0 Å². The van der Waals surface area contributed by atoms with E-state index in [1.165, 1.54) is 16.6 Å². The van der Waals surface area contributed by atoms with E-state index in [-0.39, 0.29) is 5.03 Å². The number of H-pyrrole nitrogens is 1. The van der Waals surface area contributed by atoms with E-state index in [9.17, 15) is 8.42 Å². The largest absolute Gasteiger partial charge is 0.281 e. The van der Waals surface area contributed by atoms with Crippen LogP contribution in [0.2, 0.25) is 0 Å². The number of anilines is 1. The molecule has 2 heterocycles. The van der Waals surface area contributed by atoms with Crippen LogP contribution in [-0.2, 0) is 10.0 Å². The molecule has 0 atom stereocenters. The number of nitrogens with zero attached hydrogens (tertiary/aromatic N) is 3. The fourth-order valence-electron chi connectivity index (χ4n) is 1.51. The number of hydrogen-bond donors (Lipinski definition) is 1. The Morgan fingerprint density at radius 2 is 1.94 bits per heavy atom. The molecule has 0 aliphatic carbocycles. The van der Waals surface area contributed by atoms with Crippen molar-refractivity contribution in [2.45, 2.75) is 11.9 Å². The monoisotopic (exact) mass is 252 g/mol. The molecule has 0 saturated heterocycles. The van der Waals surface area contributed by atoms with E-state index in [1.807, 2.05) is 0 Å². The van der Waals surface area contributed by atoms with Crippen LogP contribution in [0, 0.1) is 0 Å². The Kier molecular flexibility index (Phi) is 3.10. The molecule has 0 saturated carbocycles. The lowest BCUT2D eigenvalue weighted by molar-refractivity contribution is 0.587. The Morgan fingerprint density at radius 3 is 2.47 bits per heavy atom. The van der Waals surface area contributed by atoms with Gasteiger partial charge in [0.2, 0.25) is 0 Å². The van der Waals surface area contributed by atoms with Crippen LogP contribution in [-0.4, -0.2) is 30.1 Å². The Bertz CT molecular complexity index is 566. The fourth-order valence-corrected chi connectivity index (χ4v) is 2.88. The minimum absolute atomic E-state index is 0.0798. The highest BCUT2D eigenvalue weighted by Gasteiger charge is 2.24. The van der Waals surface area contributed by atoms with Crippen molar-refractivity contribution in [2.24, 2.45) is 0 Å². The third kappa shape index (κ3) is 2.14. The molecule has 7 heteroatoms. The molecular weight excluding hydrogens is 240 g/mol. The Balaban J connectivity index is 2.44. The van der Waals surface area contributed by atoms with E-state index >= 15 is 0 Å². The highest BCUT2D eigenvalue weighted by Crippen LogP contribution is 2.20. The van der Waals surface area contributed by atoms with Gasteiger partial charge in [-0.25, -0.2) is 0 Å². The minimum Gasteiger partial charge on any atom is -0.266 e. The molecule has 2 aromatic rings. The first kappa shape index (κ1) is 11.6. The number of aromatic amines is 1. The van der Waals surface area contributed by atoms with E-state index in [1.54, 1.807) is 31.5 Å². The second-order valence-corrected chi connectivity index (χ2v) is 5.13. The standard InChI is InChI=1S/C10H12N4O2S/c1-2-14(9-3-6-11-7-4-9)17(15,16)10-5-8-12-13-10/h3-8H,2H2,1H3,(H,12,13). The van der Waals surface area contributed by atoms with Crippen LogP contribution in [0.1, 0.15) is 6.92 Å². The summed E-state index contributed by atoms with van der Waals surface area (Å²) in [6.45, 7) is 2.11. The minimum atomic E-state index is -3.57. The van der Waals surface area contributed by atoms with Crippen molar-refractivity contribution in [2.75, 3.05) is 10.8 Å². The molecule has 0 bridgehead atoms. The molecule has 0 amide bonds. The number of hydrogen-bond acceptors (Lipinski definition) is 4. The summed E-state index contributed by atoms with van der Waals surface area (Å²) in [5.41, 5.74) is 0.581. The van der Waals surface area contributed by atoms with Crippen LogP contribution in [0.4, 0.5) is 5.69 Å². The van der Waals surface area contributed by atoms with Gasteiger partial charge in [-0.2, -0.15) is 13.5 Å². The number of pyridine rings is 1. The SMILES string of the molecule is CCN(c1ccncc1)S(=O)(=O)c1ccn[nH]1. The maximum atomic E-state index is 12.3. The molecule has 1 N–H and O–H groups in total. The van der Waals surface area contributed by atoms with Gasteiger partial charge in [-0.05, 0) is 25.1 Å². The lowest BCUT2D eigenvalue weighted by atomic mass is 10.4. The van der Waals surface area contributed by atoms with Crippen molar-refractivity contribution in [3.8, 4) is 0 Å². The summed E-state index contributed by atoms with van der Waals surface area (Å²) in [6.07, 6.45) is 4.52. The lowest BCUT2D eigenvalue weighted by Gasteiger charge is -2.21. The van der Waals surface area contributed by atoms with Gasteiger partial charge in [-0.15, -0.1) is 0 Å². The molecule has 0 unspecified atom stereocenters. The van der Waals surface area contributed by atoms with Crippen molar-refractivity contribution in [1.29, 1.82) is 0 Å². The predicted molar refractivity (Wildman–Crippen MR) is 63.0 cm³/mol. The highest BCUT2D eigenvalue weighted by molar-refractivity contribution is 7.92. The molecule has 0 fully saturated rings. The first-order valence-electron chi connectivity index (χ1n) is 5.08. The average molecular weight is 252 g/mol. The third-order valence-electron chi connectivity index (χ3n) is 2.28. The fraction of sp³-hybridized carbons (Fsp3) is 0.200. The smallest absolute Gasteiger partial charge is 0.266 e. The van der Waals surface area contributed by atoms with E-state index in [2.05, 4.69) is 15.2 Å². The van der Waals surface area contributed by atoms with Gasteiger partial charge in [-0.3, -0.25) is 14.4 Å². The summed E-state index contributed by atoms with van der Waals surface area (Å²) >= 11 is 0. The van der Waals surface area contributed by atoms with Gasteiger partial charge in [0, 0.05) is 18.9 Å². The summed E-state index contributed by atoms with van der Waals surface area (Å²) in [5, 5.41) is 6.20. The summed E-state index contributed by atoms with van der Waals surface area (Å²) in [4.78, 5) is 3.87. The summed E-state index contributed by atoms with van der Waals surface area (Å²) in [6, 6.07) is 4.73. The van der Waals surface area contributed by atoms with Gasteiger partial charge in [-0.1, -0.05) is 0 Å². The van der Waals surface area contributed by atoms with E-state index in [0.29, 0.717) is 12.2 Å². The molecule has 17 heavy (non-hydrogen) atoms. The number of rotatable bonds is 4. The average Bonchev–Trinajstić information content (AvgIpc) is 2.85. The van der Waals surface area contributed by atoms with Crippen LogP contribution in [0.25, 0.3) is 0 Å². The van der Waals surface area contributed by atoms with Gasteiger partial charge in [0.1, 0.15) is 0 Å². The molecule has 2 aromatic heterocycles. The Morgan fingerprint density at radius 1 is 1.24 bits per heavy atom. The topological polar surface area (TPSA) is 79.0 Å². The third-order valence-corrected chi connectivity index (χ3v) is 4.11. The van der Waals surface area contributed by atoms with Gasteiger partial charge in [0.15, 0.2) is 5.03 Å². The molecule has 0 radical (unpaired) electrons. The zero-order valence-corrected chi connectivity index (χ0v) is 10.1. The van der Waals surface area contributed by atoms with Gasteiger partial charge < -0.3 is 0 Å². The number of aromatic nitrogens is 3. The molecule has 0 aromatic carbocycles. The normalized spacial score (nSPS) is 11.4. The Hall–Kier alpha value is -1.89. The number of nitrogens with one attached hydrogen (secondary N) is 1.